The van der Waals surface area contributed by atoms with Crippen LogP contribution in [0.2, 0.25) is 10.0 Å². The summed E-state index contributed by atoms with van der Waals surface area (Å²) in [6.07, 6.45) is 0. The number of benzene rings is 2. The summed E-state index contributed by atoms with van der Waals surface area (Å²) in [6.45, 7) is 6.26. The van der Waals surface area contributed by atoms with Crippen LogP contribution in [0, 0.1) is 0 Å². The van der Waals surface area contributed by atoms with Gasteiger partial charge in [0.05, 0.1) is 13.2 Å². The Bertz CT molecular complexity index is 655. The van der Waals surface area contributed by atoms with Gasteiger partial charge in [-0.2, -0.15) is 0 Å². The number of nitrogens with one attached hydrogen (secondary N) is 1. The highest BCUT2D eigenvalue weighted by Crippen LogP contribution is 2.20. The first-order valence-electron chi connectivity index (χ1n) is 8.23. The van der Waals surface area contributed by atoms with E-state index < -0.39 is 0 Å². The lowest BCUT2D eigenvalue weighted by Crippen LogP contribution is -2.35. The van der Waals surface area contributed by atoms with Gasteiger partial charge in [0.2, 0.25) is 0 Å². The molecule has 0 aromatic heterocycles. The van der Waals surface area contributed by atoms with Crippen molar-refractivity contribution in [1.29, 1.82) is 0 Å². The van der Waals surface area contributed by atoms with Crippen molar-refractivity contribution in [1.82, 2.24) is 10.2 Å². The molecule has 0 amide bonds. The Hall–Kier alpha value is -1.10. The summed E-state index contributed by atoms with van der Waals surface area (Å²) in [5.41, 5.74) is 3.68. The third-order valence-corrected chi connectivity index (χ3v) is 4.78. The van der Waals surface area contributed by atoms with Gasteiger partial charge in [-0.1, -0.05) is 53.5 Å². The molecule has 0 spiro atoms. The van der Waals surface area contributed by atoms with Crippen LogP contribution in [0.25, 0.3) is 0 Å². The van der Waals surface area contributed by atoms with Crippen LogP contribution in [0.1, 0.15) is 16.7 Å². The maximum absolute atomic E-state index is 6.19. The molecule has 0 bridgehead atoms. The van der Waals surface area contributed by atoms with Gasteiger partial charge in [-0.15, -0.1) is 0 Å². The van der Waals surface area contributed by atoms with Gasteiger partial charge in [0, 0.05) is 42.8 Å². The van der Waals surface area contributed by atoms with Gasteiger partial charge < -0.3 is 10.1 Å². The maximum atomic E-state index is 6.19. The molecule has 24 heavy (non-hydrogen) atoms. The van der Waals surface area contributed by atoms with Crippen molar-refractivity contribution in [3.63, 3.8) is 0 Å². The number of morpholine rings is 1. The second kappa shape index (κ2) is 8.84. The molecule has 1 aliphatic heterocycles. The fourth-order valence-electron chi connectivity index (χ4n) is 2.79. The van der Waals surface area contributed by atoms with Crippen molar-refractivity contribution in [3.8, 4) is 0 Å². The molecule has 128 valence electrons. The van der Waals surface area contributed by atoms with Gasteiger partial charge in [-0.25, -0.2) is 0 Å². The summed E-state index contributed by atoms with van der Waals surface area (Å²) in [5.74, 6) is 0. The van der Waals surface area contributed by atoms with E-state index in [2.05, 4.69) is 34.5 Å². The third kappa shape index (κ3) is 5.20. The molecule has 0 aliphatic carbocycles. The molecular weight excluding hydrogens is 343 g/mol. The molecule has 0 unspecified atom stereocenters. The summed E-state index contributed by atoms with van der Waals surface area (Å²) >= 11 is 12.1. The van der Waals surface area contributed by atoms with E-state index in [9.17, 15) is 0 Å². The summed E-state index contributed by atoms with van der Waals surface area (Å²) in [6, 6.07) is 14.4. The first-order chi connectivity index (χ1) is 11.7. The molecule has 1 saturated heterocycles. The summed E-state index contributed by atoms with van der Waals surface area (Å²) in [7, 11) is 0. The Morgan fingerprint density at radius 1 is 0.917 bits per heavy atom. The summed E-state index contributed by atoms with van der Waals surface area (Å²) < 4.78 is 5.39. The van der Waals surface area contributed by atoms with Crippen molar-refractivity contribution < 1.29 is 4.74 Å². The van der Waals surface area contributed by atoms with Crippen LogP contribution in [0.4, 0.5) is 0 Å². The molecule has 5 heteroatoms. The van der Waals surface area contributed by atoms with Gasteiger partial charge >= 0.3 is 0 Å². The monoisotopic (exact) mass is 364 g/mol. The molecule has 1 heterocycles. The van der Waals surface area contributed by atoms with Crippen LogP contribution in [0.15, 0.2) is 42.5 Å². The number of hydrogen-bond acceptors (Lipinski definition) is 3. The molecule has 2 aromatic carbocycles. The molecule has 1 N–H and O–H groups in total. The van der Waals surface area contributed by atoms with E-state index in [0.717, 1.165) is 51.5 Å². The summed E-state index contributed by atoms with van der Waals surface area (Å²) in [5, 5.41) is 4.80. The molecule has 2 aromatic rings. The van der Waals surface area contributed by atoms with Gasteiger partial charge in [0.1, 0.15) is 0 Å². The lowest BCUT2D eigenvalue weighted by molar-refractivity contribution is 0.0342. The maximum Gasteiger partial charge on any atom is 0.0594 e. The zero-order valence-electron chi connectivity index (χ0n) is 13.6. The van der Waals surface area contributed by atoms with Crippen LogP contribution in [0.5, 0.6) is 0 Å². The SMILES string of the molecule is Clc1ccc(CNCc2ccc(CN3CCOCC3)cc2)c(Cl)c1. The van der Waals surface area contributed by atoms with Crippen molar-refractivity contribution in [2.75, 3.05) is 26.3 Å². The van der Waals surface area contributed by atoms with E-state index in [0.29, 0.717) is 10.0 Å². The van der Waals surface area contributed by atoms with Gasteiger partial charge in [0.25, 0.3) is 0 Å². The predicted octanol–water partition coefficient (Wildman–Crippen LogP) is 4.12. The highest BCUT2D eigenvalue weighted by Gasteiger charge is 2.10. The second-order valence-corrected chi connectivity index (χ2v) is 6.89. The molecular formula is C19H22Cl2N2O. The number of rotatable bonds is 6. The Labute approximate surface area is 153 Å². The highest BCUT2D eigenvalue weighted by atomic mass is 35.5. The smallest absolute Gasteiger partial charge is 0.0594 e. The fourth-order valence-corrected chi connectivity index (χ4v) is 3.26. The van der Waals surface area contributed by atoms with Crippen LogP contribution in [-0.4, -0.2) is 31.2 Å². The molecule has 0 atom stereocenters. The van der Waals surface area contributed by atoms with Crippen molar-refractivity contribution in [2.24, 2.45) is 0 Å². The highest BCUT2D eigenvalue weighted by molar-refractivity contribution is 6.35. The van der Waals surface area contributed by atoms with Crippen molar-refractivity contribution >= 4 is 23.2 Å². The third-order valence-electron chi connectivity index (χ3n) is 4.19. The average molecular weight is 365 g/mol. The Morgan fingerprint density at radius 2 is 1.62 bits per heavy atom. The van der Waals surface area contributed by atoms with Crippen LogP contribution < -0.4 is 5.32 Å². The lowest BCUT2D eigenvalue weighted by atomic mass is 10.1. The van der Waals surface area contributed by atoms with E-state index in [1.165, 1.54) is 11.1 Å². The predicted molar refractivity (Wildman–Crippen MR) is 99.5 cm³/mol. The minimum absolute atomic E-state index is 0.666. The first-order valence-corrected chi connectivity index (χ1v) is 8.99. The normalized spacial score (nSPS) is 15.6. The van der Waals surface area contributed by atoms with E-state index in [-0.39, 0.29) is 0 Å². The van der Waals surface area contributed by atoms with Crippen LogP contribution >= 0.6 is 23.2 Å². The second-order valence-electron chi connectivity index (χ2n) is 6.04. The summed E-state index contributed by atoms with van der Waals surface area (Å²) in [4.78, 5) is 2.43. The fraction of sp³-hybridized carbons (Fsp3) is 0.368. The molecule has 0 radical (unpaired) electrons. The van der Waals surface area contributed by atoms with E-state index in [4.69, 9.17) is 27.9 Å². The number of halogens is 2. The molecule has 1 fully saturated rings. The average Bonchev–Trinajstić information content (AvgIpc) is 2.59. The topological polar surface area (TPSA) is 24.5 Å². The molecule has 0 saturated carbocycles. The molecule has 1 aliphatic rings. The minimum atomic E-state index is 0.666. The quantitative estimate of drug-likeness (QED) is 0.834. The Morgan fingerprint density at radius 3 is 2.33 bits per heavy atom. The van der Waals surface area contributed by atoms with Crippen LogP contribution in [0.3, 0.4) is 0 Å². The van der Waals surface area contributed by atoms with Crippen LogP contribution in [-0.2, 0) is 24.4 Å². The minimum Gasteiger partial charge on any atom is -0.379 e. The molecule has 3 nitrogen and oxygen atoms in total. The lowest BCUT2D eigenvalue weighted by Gasteiger charge is -2.26. The van der Waals surface area contributed by atoms with E-state index in [1.54, 1.807) is 6.07 Å². The van der Waals surface area contributed by atoms with Gasteiger partial charge in [0.15, 0.2) is 0 Å². The number of nitrogens with zero attached hydrogens (tertiary/aromatic N) is 1. The first kappa shape index (κ1) is 17.7. The molecule has 3 rings (SSSR count). The Balaban J connectivity index is 1.47. The van der Waals surface area contributed by atoms with Gasteiger partial charge in [-0.05, 0) is 28.8 Å². The Kier molecular flexibility index (Phi) is 6.52. The number of ether oxygens (including phenoxy) is 1. The standard InChI is InChI=1S/C19H22Cl2N2O/c20-18-6-5-17(19(21)11-18)13-22-12-15-1-3-16(4-2-15)14-23-7-9-24-10-8-23/h1-6,11,22H,7-10,12-14H2. The zero-order valence-corrected chi connectivity index (χ0v) is 15.1. The van der Waals surface area contributed by atoms with E-state index in [1.807, 2.05) is 12.1 Å². The van der Waals surface area contributed by atoms with Gasteiger partial charge in [-0.3, -0.25) is 4.90 Å². The van der Waals surface area contributed by atoms with Crippen molar-refractivity contribution in [2.45, 2.75) is 19.6 Å². The van der Waals surface area contributed by atoms with Crippen molar-refractivity contribution in [3.05, 3.63) is 69.2 Å². The number of hydrogen-bond donors (Lipinski definition) is 1. The largest absolute Gasteiger partial charge is 0.379 e. The van der Waals surface area contributed by atoms with E-state index >= 15 is 0 Å². The zero-order chi connectivity index (χ0) is 16.8.